The Morgan fingerprint density at radius 2 is 2.62 bits per heavy atom. The Hall–Kier alpha value is -0.150. The quantitative estimate of drug-likeness (QED) is 0.431. The van der Waals surface area contributed by atoms with Crippen molar-refractivity contribution < 1.29 is 13.8 Å². The van der Waals surface area contributed by atoms with Gasteiger partial charge in [-0.2, -0.15) is 0 Å². The van der Waals surface area contributed by atoms with Crippen LogP contribution in [0.1, 0.15) is 13.3 Å². The Morgan fingerprint density at radius 3 is 3.23 bits per heavy atom. The number of hydrogen-bond acceptors (Lipinski definition) is 3. The van der Waals surface area contributed by atoms with Crippen molar-refractivity contribution >= 4 is 7.52 Å². The van der Waals surface area contributed by atoms with E-state index in [0.717, 1.165) is 13.0 Å². The molecule has 0 aromatic heterocycles. The summed E-state index contributed by atoms with van der Waals surface area (Å²) in [4.78, 5) is 0. The Kier molecular flexibility index (Phi) is 4.13. The second-order valence-electron chi connectivity index (χ2n) is 3.07. The van der Waals surface area contributed by atoms with E-state index in [0.29, 0.717) is 6.61 Å². The summed E-state index contributed by atoms with van der Waals surface area (Å²) in [5.41, 5.74) is 0. The fourth-order valence-corrected chi connectivity index (χ4v) is 2.88. The second kappa shape index (κ2) is 4.91. The molecule has 0 radical (unpaired) electrons. The van der Waals surface area contributed by atoms with Gasteiger partial charge in [-0.3, -0.25) is 4.57 Å². The first-order valence-electron chi connectivity index (χ1n) is 4.37. The molecule has 0 aliphatic carbocycles. The smallest absolute Gasteiger partial charge is 0.295 e. The van der Waals surface area contributed by atoms with Crippen LogP contribution in [0.5, 0.6) is 0 Å². The lowest BCUT2D eigenvalue weighted by molar-refractivity contribution is 0.148. The molecule has 1 aliphatic heterocycles. The molecule has 5 heteroatoms. The summed E-state index contributed by atoms with van der Waals surface area (Å²) in [6.07, 6.45) is 2.70. The maximum Gasteiger partial charge on any atom is 0.295 e. The van der Waals surface area contributed by atoms with Crippen LogP contribution < -0.4 is 5.09 Å². The maximum atomic E-state index is 11.8. The molecule has 4 nitrogen and oxygen atoms in total. The van der Waals surface area contributed by atoms with Crippen molar-refractivity contribution in [2.45, 2.75) is 19.4 Å². The van der Waals surface area contributed by atoms with E-state index in [1.807, 2.05) is 6.92 Å². The van der Waals surface area contributed by atoms with Crippen LogP contribution in [0.3, 0.4) is 0 Å². The van der Waals surface area contributed by atoms with Gasteiger partial charge in [-0.25, -0.2) is 5.09 Å². The van der Waals surface area contributed by atoms with Crippen molar-refractivity contribution in [3.05, 3.63) is 12.7 Å². The van der Waals surface area contributed by atoms with Crippen molar-refractivity contribution in [3.63, 3.8) is 0 Å². The molecule has 0 aromatic rings. The normalized spacial score (nSPS) is 34.4. The molecule has 0 bridgehead atoms. The predicted octanol–water partition coefficient (Wildman–Crippen LogP) is 1.74. The van der Waals surface area contributed by atoms with Gasteiger partial charge in [0.05, 0.1) is 12.7 Å². The lowest BCUT2D eigenvalue weighted by atomic mass is 10.3. The van der Waals surface area contributed by atoms with Gasteiger partial charge >= 0.3 is 0 Å². The van der Waals surface area contributed by atoms with Crippen LogP contribution in [-0.4, -0.2) is 25.6 Å². The molecule has 0 unspecified atom stereocenters. The van der Waals surface area contributed by atoms with E-state index < -0.39 is 7.52 Å². The van der Waals surface area contributed by atoms with E-state index in [9.17, 15) is 4.57 Å². The van der Waals surface area contributed by atoms with Gasteiger partial charge in [0.1, 0.15) is 6.35 Å². The standard InChI is InChI=1S/C8H16NO3P/c1-3-6-11-7-13(10)9-5-4-8(2)12-13/h3,8H,1,4-7H2,2H3,(H,9,10)/t8-,13+/m0/s1. The molecule has 0 aromatic carbocycles. The SMILES string of the molecule is C=CCOC[P@]1(=O)NCC[C@H](C)O1. The summed E-state index contributed by atoms with van der Waals surface area (Å²) >= 11 is 0. The molecule has 2 atom stereocenters. The highest BCUT2D eigenvalue weighted by molar-refractivity contribution is 7.56. The van der Waals surface area contributed by atoms with Crippen molar-refractivity contribution in [1.82, 2.24) is 5.09 Å². The maximum absolute atomic E-state index is 11.8. The van der Waals surface area contributed by atoms with E-state index in [4.69, 9.17) is 9.26 Å². The minimum Gasteiger partial charge on any atom is -0.366 e. The highest BCUT2D eigenvalue weighted by Gasteiger charge is 2.29. The average Bonchev–Trinajstić information content (AvgIpc) is 2.04. The summed E-state index contributed by atoms with van der Waals surface area (Å²) in [6, 6.07) is 0. The van der Waals surface area contributed by atoms with E-state index in [1.165, 1.54) is 0 Å². The Balaban J connectivity index is 2.35. The third-order valence-electron chi connectivity index (χ3n) is 1.75. The first-order valence-corrected chi connectivity index (χ1v) is 6.18. The van der Waals surface area contributed by atoms with Crippen molar-refractivity contribution in [2.75, 3.05) is 19.5 Å². The van der Waals surface area contributed by atoms with Crippen LogP contribution >= 0.6 is 7.52 Å². The predicted molar refractivity (Wildman–Crippen MR) is 51.8 cm³/mol. The molecule has 1 rings (SSSR count). The molecule has 1 aliphatic rings. The van der Waals surface area contributed by atoms with Gasteiger partial charge < -0.3 is 9.26 Å². The molecule has 0 spiro atoms. The summed E-state index contributed by atoms with van der Waals surface area (Å²) < 4.78 is 22.2. The average molecular weight is 205 g/mol. The van der Waals surface area contributed by atoms with Crippen LogP contribution in [0.2, 0.25) is 0 Å². The van der Waals surface area contributed by atoms with E-state index in [1.54, 1.807) is 6.08 Å². The zero-order valence-electron chi connectivity index (χ0n) is 7.86. The molecule has 1 fully saturated rings. The lowest BCUT2D eigenvalue weighted by Crippen LogP contribution is -2.29. The van der Waals surface area contributed by atoms with Crippen LogP contribution in [0.4, 0.5) is 0 Å². The molecule has 0 amide bonds. The fourth-order valence-electron chi connectivity index (χ4n) is 1.15. The van der Waals surface area contributed by atoms with Crippen molar-refractivity contribution in [2.24, 2.45) is 0 Å². The monoisotopic (exact) mass is 205 g/mol. The van der Waals surface area contributed by atoms with Crippen LogP contribution in [-0.2, 0) is 13.8 Å². The zero-order valence-corrected chi connectivity index (χ0v) is 8.76. The highest BCUT2D eigenvalue weighted by atomic mass is 31.2. The van der Waals surface area contributed by atoms with Gasteiger partial charge in [0.25, 0.3) is 7.52 Å². The summed E-state index contributed by atoms with van der Waals surface area (Å²) in [6.45, 7) is 6.56. The molecule has 13 heavy (non-hydrogen) atoms. The molecular formula is C8H16NO3P. The molecule has 1 N–H and O–H groups in total. The Bertz CT molecular complexity index is 219. The van der Waals surface area contributed by atoms with Gasteiger partial charge in [0, 0.05) is 6.54 Å². The number of rotatable bonds is 4. The molecule has 1 heterocycles. The molecule has 0 saturated carbocycles. The topological polar surface area (TPSA) is 47.6 Å². The molecule has 76 valence electrons. The Labute approximate surface area is 78.8 Å². The second-order valence-corrected chi connectivity index (χ2v) is 5.21. The summed E-state index contributed by atoms with van der Waals surface area (Å²) in [7, 11) is -2.72. The number of hydrogen-bond donors (Lipinski definition) is 1. The number of ether oxygens (including phenoxy) is 1. The largest absolute Gasteiger partial charge is 0.366 e. The van der Waals surface area contributed by atoms with Gasteiger partial charge in [0.2, 0.25) is 0 Å². The highest BCUT2D eigenvalue weighted by Crippen LogP contribution is 2.46. The Morgan fingerprint density at radius 1 is 1.85 bits per heavy atom. The van der Waals surface area contributed by atoms with E-state index >= 15 is 0 Å². The van der Waals surface area contributed by atoms with Crippen molar-refractivity contribution in [1.29, 1.82) is 0 Å². The molecular weight excluding hydrogens is 189 g/mol. The van der Waals surface area contributed by atoms with Crippen molar-refractivity contribution in [3.8, 4) is 0 Å². The van der Waals surface area contributed by atoms with E-state index in [2.05, 4.69) is 11.7 Å². The first-order chi connectivity index (χ1) is 6.16. The van der Waals surface area contributed by atoms with Crippen LogP contribution in [0.15, 0.2) is 12.7 Å². The zero-order chi connectivity index (χ0) is 9.73. The van der Waals surface area contributed by atoms with Crippen LogP contribution in [0, 0.1) is 0 Å². The lowest BCUT2D eigenvalue weighted by Gasteiger charge is -2.28. The van der Waals surface area contributed by atoms with E-state index in [-0.39, 0.29) is 12.5 Å². The summed E-state index contributed by atoms with van der Waals surface area (Å²) in [5.74, 6) is 0. The fraction of sp³-hybridized carbons (Fsp3) is 0.750. The van der Waals surface area contributed by atoms with Gasteiger partial charge in [-0.15, -0.1) is 6.58 Å². The molecule has 1 saturated heterocycles. The third-order valence-corrected chi connectivity index (χ3v) is 3.68. The van der Waals surface area contributed by atoms with Gasteiger partial charge in [-0.05, 0) is 13.3 Å². The number of nitrogens with one attached hydrogen (secondary N) is 1. The van der Waals surface area contributed by atoms with Crippen LogP contribution in [0.25, 0.3) is 0 Å². The van der Waals surface area contributed by atoms with Gasteiger partial charge in [-0.1, -0.05) is 6.08 Å². The first kappa shape index (κ1) is 10.9. The third kappa shape index (κ3) is 3.61. The minimum absolute atomic E-state index is 0.0550. The van der Waals surface area contributed by atoms with Gasteiger partial charge in [0.15, 0.2) is 0 Å². The minimum atomic E-state index is -2.72. The summed E-state index contributed by atoms with van der Waals surface area (Å²) in [5, 5.41) is 2.86.